The lowest BCUT2D eigenvalue weighted by Gasteiger charge is -2.11. The van der Waals surface area contributed by atoms with Gasteiger partial charge in [0.05, 0.1) is 6.61 Å². The van der Waals surface area contributed by atoms with Gasteiger partial charge in [-0.15, -0.1) is 0 Å². The van der Waals surface area contributed by atoms with Gasteiger partial charge in [-0.2, -0.15) is 0 Å². The van der Waals surface area contributed by atoms with Crippen molar-refractivity contribution in [3.05, 3.63) is 24.3 Å². The SMILES string of the molecule is CCCCC/C=C/C/C=C/CCCCCCCC(=O)N[C@@H](CO)C(=O)O. The zero-order valence-corrected chi connectivity index (χ0v) is 16.3. The van der Waals surface area contributed by atoms with Crippen molar-refractivity contribution in [2.24, 2.45) is 0 Å². The van der Waals surface area contributed by atoms with Crippen LogP contribution in [0, 0.1) is 0 Å². The Labute approximate surface area is 158 Å². The first-order chi connectivity index (χ1) is 12.6. The summed E-state index contributed by atoms with van der Waals surface area (Å²) in [5, 5.41) is 19.9. The Morgan fingerprint density at radius 3 is 2.04 bits per heavy atom. The van der Waals surface area contributed by atoms with Crippen LogP contribution in [0.4, 0.5) is 0 Å². The van der Waals surface area contributed by atoms with Gasteiger partial charge < -0.3 is 15.5 Å². The quantitative estimate of drug-likeness (QED) is 0.263. The molecule has 0 heterocycles. The van der Waals surface area contributed by atoms with E-state index in [0.29, 0.717) is 6.42 Å². The molecule has 0 saturated carbocycles. The van der Waals surface area contributed by atoms with E-state index in [-0.39, 0.29) is 5.91 Å². The minimum absolute atomic E-state index is 0.308. The molecule has 1 amide bonds. The highest BCUT2D eigenvalue weighted by Gasteiger charge is 2.17. The van der Waals surface area contributed by atoms with Crippen LogP contribution >= 0.6 is 0 Å². The van der Waals surface area contributed by atoms with Crippen LogP contribution in [0.2, 0.25) is 0 Å². The van der Waals surface area contributed by atoms with Gasteiger partial charge >= 0.3 is 5.97 Å². The van der Waals surface area contributed by atoms with Crippen molar-refractivity contribution in [1.82, 2.24) is 5.32 Å². The number of hydrogen-bond donors (Lipinski definition) is 3. The molecule has 0 saturated heterocycles. The maximum atomic E-state index is 11.6. The second-order valence-electron chi connectivity index (χ2n) is 6.62. The normalized spacial score (nSPS) is 12.7. The second-order valence-corrected chi connectivity index (χ2v) is 6.62. The molecule has 0 aliphatic rings. The smallest absolute Gasteiger partial charge is 0.328 e. The average molecular weight is 368 g/mol. The number of carbonyl (C=O) groups is 2. The largest absolute Gasteiger partial charge is 0.480 e. The fraction of sp³-hybridized carbons (Fsp3) is 0.714. The van der Waals surface area contributed by atoms with E-state index in [1.165, 1.54) is 25.7 Å². The lowest BCUT2D eigenvalue weighted by Crippen LogP contribution is -2.43. The van der Waals surface area contributed by atoms with Crippen molar-refractivity contribution in [1.29, 1.82) is 0 Å². The molecule has 0 aliphatic heterocycles. The number of carbonyl (C=O) groups excluding carboxylic acids is 1. The molecule has 0 aliphatic carbocycles. The third-order valence-corrected chi connectivity index (χ3v) is 4.17. The molecule has 0 fully saturated rings. The van der Waals surface area contributed by atoms with E-state index in [2.05, 4.69) is 36.5 Å². The molecule has 0 aromatic heterocycles. The molecule has 5 heteroatoms. The van der Waals surface area contributed by atoms with Crippen molar-refractivity contribution in [2.45, 2.75) is 90.0 Å². The zero-order valence-electron chi connectivity index (χ0n) is 16.3. The first kappa shape index (κ1) is 24.4. The minimum atomic E-state index is -1.21. The first-order valence-corrected chi connectivity index (χ1v) is 10.0. The molecule has 3 N–H and O–H groups in total. The summed E-state index contributed by atoms with van der Waals surface area (Å²) in [6.45, 7) is 1.64. The number of amides is 1. The summed E-state index contributed by atoms with van der Waals surface area (Å²) in [6.07, 6.45) is 21.6. The molecule has 0 bridgehead atoms. The monoisotopic (exact) mass is 367 g/mol. The van der Waals surface area contributed by atoms with Crippen LogP contribution in [0.25, 0.3) is 0 Å². The number of unbranched alkanes of at least 4 members (excludes halogenated alkanes) is 8. The van der Waals surface area contributed by atoms with Crippen LogP contribution in [0.5, 0.6) is 0 Å². The van der Waals surface area contributed by atoms with E-state index in [1.807, 2.05) is 0 Å². The molecular formula is C21H37NO4. The van der Waals surface area contributed by atoms with E-state index in [9.17, 15) is 9.59 Å². The zero-order chi connectivity index (χ0) is 19.5. The van der Waals surface area contributed by atoms with Crippen LogP contribution in [-0.4, -0.2) is 34.7 Å². The van der Waals surface area contributed by atoms with Crippen molar-refractivity contribution in [3.8, 4) is 0 Å². The summed E-state index contributed by atoms with van der Waals surface area (Å²) in [6, 6.07) is -1.19. The molecule has 150 valence electrons. The maximum Gasteiger partial charge on any atom is 0.328 e. The number of carboxylic acids is 1. The van der Waals surface area contributed by atoms with Gasteiger partial charge in [0.15, 0.2) is 0 Å². The maximum absolute atomic E-state index is 11.6. The van der Waals surface area contributed by atoms with Crippen LogP contribution < -0.4 is 5.32 Å². The molecule has 0 radical (unpaired) electrons. The standard InChI is InChI=1S/C21H37NO4/c1-2-3-4-5-6-7-8-9-10-11-12-13-14-15-16-17-20(24)22-19(18-23)21(25)26/h6-7,9-10,19,23H,2-5,8,11-18H2,1H3,(H,22,24)(H,25,26)/b7-6+,10-9+/t19-/m0/s1. The summed E-state index contributed by atoms with van der Waals surface area (Å²) < 4.78 is 0. The highest BCUT2D eigenvalue weighted by molar-refractivity contribution is 5.83. The lowest BCUT2D eigenvalue weighted by molar-refractivity contribution is -0.142. The van der Waals surface area contributed by atoms with Gasteiger partial charge in [0.1, 0.15) is 6.04 Å². The predicted molar refractivity (Wildman–Crippen MR) is 106 cm³/mol. The Morgan fingerprint density at radius 2 is 1.46 bits per heavy atom. The second kappa shape index (κ2) is 18.2. The highest BCUT2D eigenvalue weighted by atomic mass is 16.4. The van der Waals surface area contributed by atoms with Crippen molar-refractivity contribution < 1.29 is 19.8 Å². The molecule has 26 heavy (non-hydrogen) atoms. The predicted octanol–water partition coefficient (Wildman–Crippen LogP) is 4.36. The highest BCUT2D eigenvalue weighted by Crippen LogP contribution is 2.08. The Kier molecular flexibility index (Phi) is 17.0. The van der Waals surface area contributed by atoms with E-state index in [4.69, 9.17) is 10.2 Å². The molecular weight excluding hydrogens is 330 g/mol. The summed E-state index contributed by atoms with van der Waals surface area (Å²) >= 11 is 0. The Hall–Kier alpha value is -1.62. The van der Waals surface area contributed by atoms with Gasteiger partial charge in [-0.25, -0.2) is 4.79 Å². The van der Waals surface area contributed by atoms with E-state index in [0.717, 1.165) is 44.9 Å². The fourth-order valence-corrected chi connectivity index (χ4v) is 2.55. The summed E-state index contributed by atoms with van der Waals surface area (Å²) in [5.74, 6) is -1.52. The Balaban J connectivity index is 3.44. The molecule has 0 aromatic rings. The number of rotatable bonds is 17. The van der Waals surface area contributed by atoms with Crippen LogP contribution in [0.3, 0.4) is 0 Å². The third kappa shape index (κ3) is 15.9. The van der Waals surface area contributed by atoms with Crippen LogP contribution in [0.15, 0.2) is 24.3 Å². The molecule has 0 rings (SSSR count). The fourth-order valence-electron chi connectivity index (χ4n) is 2.55. The van der Waals surface area contributed by atoms with Gasteiger partial charge in [-0.05, 0) is 38.5 Å². The van der Waals surface area contributed by atoms with Gasteiger partial charge in [-0.1, -0.05) is 63.3 Å². The molecule has 5 nitrogen and oxygen atoms in total. The topological polar surface area (TPSA) is 86.6 Å². The molecule has 0 aromatic carbocycles. The van der Waals surface area contributed by atoms with Gasteiger partial charge in [-0.3, -0.25) is 4.79 Å². The Morgan fingerprint density at radius 1 is 0.885 bits per heavy atom. The first-order valence-electron chi connectivity index (χ1n) is 10.0. The molecule has 0 unspecified atom stereocenters. The van der Waals surface area contributed by atoms with Crippen LogP contribution in [-0.2, 0) is 9.59 Å². The summed E-state index contributed by atoms with van der Waals surface area (Å²) in [5.41, 5.74) is 0. The van der Waals surface area contributed by atoms with Gasteiger partial charge in [0, 0.05) is 6.42 Å². The molecule has 0 spiro atoms. The third-order valence-electron chi connectivity index (χ3n) is 4.17. The average Bonchev–Trinajstić information content (AvgIpc) is 2.62. The molecule has 1 atom stereocenters. The summed E-state index contributed by atoms with van der Waals surface area (Å²) in [4.78, 5) is 22.2. The summed E-state index contributed by atoms with van der Waals surface area (Å²) in [7, 11) is 0. The lowest BCUT2D eigenvalue weighted by atomic mass is 10.1. The number of carboxylic acid groups (broad SMARTS) is 1. The number of nitrogens with one attached hydrogen (secondary N) is 1. The van der Waals surface area contributed by atoms with Crippen molar-refractivity contribution in [2.75, 3.05) is 6.61 Å². The number of aliphatic carboxylic acids is 1. The van der Waals surface area contributed by atoms with Crippen molar-refractivity contribution >= 4 is 11.9 Å². The Bertz CT molecular complexity index is 418. The number of aliphatic hydroxyl groups is 1. The number of allylic oxidation sites excluding steroid dienone is 4. The number of aliphatic hydroxyl groups excluding tert-OH is 1. The minimum Gasteiger partial charge on any atom is -0.480 e. The van der Waals surface area contributed by atoms with E-state index >= 15 is 0 Å². The van der Waals surface area contributed by atoms with Gasteiger partial charge in [0.2, 0.25) is 5.91 Å². The van der Waals surface area contributed by atoms with Gasteiger partial charge in [0.25, 0.3) is 0 Å². The van der Waals surface area contributed by atoms with E-state index < -0.39 is 18.6 Å². The van der Waals surface area contributed by atoms with Crippen molar-refractivity contribution in [3.63, 3.8) is 0 Å². The number of hydrogen-bond acceptors (Lipinski definition) is 3. The van der Waals surface area contributed by atoms with E-state index in [1.54, 1.807) is 0 Å². The van der Waals surface area contributed by atoms with Crippen LogP contribution in [0.1, 0.15) is 84.0 Å².